The molecule has 100 valence electrons. The summed E-state index contributed by atoms with van der Waals surface area (Å²) in [5.41, 5.74) is 6.89. The summed E-state index contributed by atoms with van der Waals surface area (Å²) in [5.74, 6) is 0. The molecule has 0 aliphatic heterocycles. The van der Waals surface area contributed by atoms with Crippen molar-refractivity contribution in [2.75, 3.05) is 12.4 Å². The number of nitrogens with one attached hydrogen (secondary N) is 2. The van der Waals surface area contributed by atoms with Gasteiger partial charge in [-0.05, 0) is 50.6 Å². The molecule has 5 nitrogen and oxygen atoms in total. The molecule has 0 saturated heterocycles. The van der Waals surface area contributed by atoms with Crippen molar-refractivity contribution in [2.24, 2.45) is 5.73 Å². The van der Waals surface area contributed by atoms with Gasteiger partial charge in [-0.2, -0.15) is 0 Å². The van der Waals surface area contributed by atoms with Crippen LogP contribution in [0.15, 0.2) is 29.2 Å². The van der Waals surface area contributed by atoms with Gasteiger partial charge in [0.05, 0.1) is 4.90 Å². The van der Waals surface area contributed by atoms with E-state index in [0.29, 0.717) is 0 Å². The van der Waals surface area contributed by atoms with Crippen LogP contribution in [0.5, 0.6) is 0 Å². The fourth-order valence-corrected chi connectivity index (χ4v) is 2.96. The number of hydrogen-bond donors (Lipinski definition) is 3. The molecule has 0 heterocycles. The predicted molar refractivity (Wildman–Crippen MR) is 71.9 cm³/mol. The highest BCUT2D eigenvalue weighted by Gasteiger charge is 2.23. The molecule has 0 radical (unpaired) electrons. The fourth-order valence-electron chi connectivity index (χ4n) is 2.23. The summed E-state index contributed by atoms with van der Waals surface area (Å²) in [6, 6.07) is 7.20. The minimum absolute atomic E-state index is 0.186. The Kier molecular flexibility index (Phi) is 3.89. The fraction of sp³-hybridized carbons (Fsp3) is 0.500. The molecule has 0 bridgehead atoms. The van der Waals surface area contributed by atoms with Gasteiger partial charge in [-0.1, -0.05) is 0 Å². The van der Waals surface area contributed by atoms with E-state index in [-0.39, 0.29) is 17.0 Å². The Balaban J connectivity index is 2.08. The third kappa shape index (κ3) is 2.82. The quantitative estimate of drug-likeness (QED) is 0.758. The average molecular weight is 269 g/mol. The van der Waals surface area contributed by atoms with Gasteiger partial charge in [0.2, 0.25) is 10.0 Å². The smallest absolute Gasteiger partial charge is 0.240 e. The molecule has 4 N–H and O–H groups in total. The van der Waals surface area contributed by atoms with E-state index in [4.69, 9.17) is 5.73 Å². The second kappa shape index (κ2) is 5.26. The third-order valence-corrected chi connectivity index (χ3v) is 4.79. The summed E-state index contributed by atoms with van der Waals surface area (Å²) >= 11 is 0. The van der Waals surface area contributed by atoms with E-state index in [0.717, 1.165) is 24.9 Å². The lowest BCUT2D eigenvalue weighted by Crippen LogP contribution is -2.35. The van der Waals surface area contributed by atoms with Gasteiger partial charge in [0.1, 0.15) is 0 Å². The molecule has 1 aromatic rings. The minimum Gasteiger partial charge on any atom is -0.381 e. The van der Waals surface area contributed by atoms with Crippen LogP contribution in [0.3, 0.4) is 0 Å². The van der Waals surface area contributed by atoms with Crippen LogP contribution in [0.4, 0.5) is 5.69 Å². The summed E-state index contributed by atoms with van der Waals surface area (Å²) in [6.45, 7) is 0. The molecule has 1 aliphatic carbocycles. The maximum absolute atomic E-state index is 11.6. The van der Waals surface area contributed by atoms with Gasteiger partial charge in [0, 0.05) is 17.8 Å². The molecule has 1 saturated carbocycles. The standard InChI is InChI=1S/C12H19N3O2S/c1-14-18(16,17)10-7-5-9(6-8-10)15-12-4-2-3-11(12)13/h5-8,11-12,14-15H,2-4,13H2,1H3. The highest BCUT2D eigenvalue weighted by Crippen LogP contribution is 2.22. The van der Waals surface area contributed by atoms with Crippen LogP contribution in [0, 0.1) is 0 Å². The van der Waals surface area contributed by atoms with Gasteiger partial charge in [-0.3, -0.25) is 0 Å². The molecule has 18 heavy (non-hydrogen) atoms. The van der Waals surface area contributed by atoms with Crippen molar-refractivity contribution in [3.05, 3.63) is 24.3 Å². The summed E-state index contributed by atoms with van der Waals surface area (Å²) in [4.78, 5) is 0.270. The first-order chi connectivity index (χ1) is 8.53. The van der Waals surface area contributed by atoms with E-state index in [2.05, 4.69) is 10.0 Å². The van der Waals surface area contributed by atoms with Crippen LogP contribution < -0.4 is 15.8 Å². The SMILES string of the molecule is CNS(=O)(=O)c1ccc(NC2CCCC2N)cc1. The highest BCUT2D eigenvalue weighted by atomic mass is 32.2. The Morgan fingerprint density at radius 1 is 1.22 bits per heavy atom. The maximum atomic E-state index is 11.6. The van der Waals surface area contributed by atoms with Gasteiger partial charge >= 0.3 is 0 Å². The lowest BCUT2D eigenvalue weighted by atomic mass is 10.2. The Hall–Kier alpha value is -1.11. The van der Waals surface area contributed by atoms with Crippen LogP contribution in [0.2, 0.25) is 0 Å². The molecule has 1 aliphatic rings. The summed E-state index contributed by atoms with van der Waals surface area (Å²) < 4.78 is 25.4. The number of benzene rings is 1. The lowest BCUT2D eigenvalue weighted by molar-refractivity contribution is 0.588. The zero-order valence-corrected chi connectivity index (χ0v) is 11.2. The number of sulfonamides is 1. The molecular formula is C12H19N3O2S. The van der Waals surface area contributed by atoms with E-state index < -0.39 is 10.0 Å². The molecule has 1 aromatic carbocycles. The van der Waals surface area contributed by atoms with Crippen molar-refractivity contribution in [2.45, 2.75) is 36.2 Å². The van der Waals surface area contributed by atoms with Crippen LogP contribution in [-0.4, -0.2) is 27.5 Å². The van der Waals surface area contributed by atoms with E-state index in [1.165, 1.54) is 7.05 Å². The number of hydrogen-bond acceptors (Lipinski definition) is 4. The number of rotatable bonds is 4. The summed E-state index contributed by atoms with van der Waals surface area (Å²) in [5, 5.41) is 3.35. The molecule has 2 atom stereocenters. The minimum atomic E-state index is -3.36. The molecule has 6 heteroatoms. The van der Waals surface area contributed by atoms with Crippen molar-refractivity contribution in [3.63, 3.8) is 0 Å². The largest absolute Gasteiger partial charge is 0.381 e. The van der Waals surface area contributed by atoms with Gasteiger partial charge in [-0.15, -0.1) is 0 Å². The molecule has 2 unspecified atom stereocenters. The van der Waals surface area contributed by atoms with Crippen LogP contribution in [0.1, 0.15) is 19.3 Å². The first-order valence-electron chi connectivity index (χ1n) is 6.08. The van der Waals surface area contributed by atoms with E-state index in [1.807, 2.05) is 0 Å². The molecule has 0 spiro atoms. The first kappa shape index (κ1) is 13.3. The van der Waals surface area contributed by atoms with Crippen molar-refractivity contribution < 1.29 is 8.42 Å². The van der Waals surface area contributed by atoms with Crippen LogP contribution >= 0.6 is 0 Å². The van der Waals surface area contributed by atoms with Crippen LogP contribution in [0.25, 0.3) is 0 Å². The second-order valence-electron chi connectivity index (χ2n) is 4.58. The van der Waals surface area contributed by atoms with E-state index in [9.17, 15) is 8.42 Å². The third-order valence-electron chi connectivity index (χ3n) is 3.35. The van der Waals surface area contributed by atoms with Gasteiger partial charge < -0.3 is 11.1 Å². The zero-order valence-electron chi connectivity index (χ0n) is 10.4. The van der Waals surface area contributed by atoms with Gasteiger partial charge in [0.15, 0.2) is 0 Å². The first-order valence-corrected chi connectivity index (χ1v) is 7.57. The Morgan fingerprint density at radius 3 is 2.39 bits per heavy atom. The average Bonchev–Trinajstić information content (AvgIpc) is 2.76. The Labute approximate surface area is 108 Å². The Bertz CT molecular complexity index is 499. The number of anilines is 1. The van der Waals surface area contributed by atoms with Gasteiger partial charge in [-0.25, -0.2) is 13.1 Å². The van der Waals surface area contributed by atoms with Gasteiger partial charge in [0.25, 0.3) is 0 Å². The summed E-state index contributed by atoms with van der Waals surface area (Å²) in [7, 11) is -1.95. The Morgan fingerprint density at radius 2 is 1.89 bits per heavy atom. The molecule has 1 fully saturated rings. The van der Waals surface area contributed by atoms with Crippen molar-refractivity contribution in [3.8, 4) is 0 Å². The predicted octanol–water partition coefficient (Wildman–Crippen LogP) is 0.886. The topological polar surface area (TPSA) is 84.2 Å². The van der Waals surface area contributed by atoms with Crippen molar-refractivity contribution in [1.82, 2.24) is 4.72 Å². The molecular weight excluding hydrogens is 250 g/mol. The zero-order chi connectivity index (χ0) is 13.2. The molecule has 0 amide bonds. The van der Waals surface area contributed by atoms with Crippen molar-refractivity contribution in [1.29, 1.82) is 0 Å². The monoisotopic (exact) mass is 269 g/mol. The van der Waals surface area contributed by atoms with Crippen LogP contribution in [-0.2, 0) is 10.0 Å². The van der Waals surface area contributed by atoms with E-state index in [1.54, 1.807) is 24.3 Å². The normalized spacial score (nSPS) is 24.1. The second-order valence-corrected chi connectivity index (χ2v) is 6.46. The molecule has 0 aromatic heterocycles. The number of nitrogens with two attached hydrogens (primary N) is 1. The maximum Gasteiger partial charge on any atom is 0.240 e. The van der Waals surface area contributed by atoms with Crippen molar-refractivity contribution >= 4 is 15.7 Å². The van der Waals surface area contributed by atoms with E-state index >= 15 is 0 Å². The summed E-state index contributed by atoms with van der Waals surface area (Å²) in [6.07, 6.45) is 3.26. The molecule has 2 rings (SSSR count). The lowest BCUT2D eigenvalue weighted by Gasteiger charge is -2.18. The highest BCUT2D eigenvalue weighted by molar-refractivity contribution is 7.89.